The Morgan fingerprint density at radius 2 is 2.04 bits per heavy atom. The molecule has 1 amide bonds. The molecule has 0 bridgehead atoms. The molecular weight excluding hydrogens is 296 g/mol. The molecule has 0 radical (unpaired) electrons. The van der Waals surface area contributed by atoms with Crippen LogP contribution in [0.5, 0.6) is 0 Å². The maximum atomic E-state index is 12.6. The smallest absolute Gasteiger partial charge is 0.249 e. The van der Waals surface area contributed by atoms with Gasteiger partial charge in [-0.3, -0.25) is 4.79 Å². The summed E-state index contributed by atoms with van der Waals surface area (Å²) in [5.41, 5.74) is 0. The van der Waals surface area contributed by atoms with E-state index in [0.717, 1.165) is 12.8 Å². The van der Waals surface area contributed by atoms with Crippen molar-refractivity contribution in [1.82, 2.24) is 20.0 Å². The predicted molar refractivity (Wildman–Crippen MR) is 82.6 cm³/mol. The molecule has 0 saturated carbocycles. The number of ether oxygens (including phenoxy) is 1. The van der Waals surface area contributed by atoms with Crippen molar-refractivity contribution < 1.29 is 14.1 Å². The highest BCUT2D eigenvalue weighted by atomic mass is 16.5. The molecule has 1 N–H and O–H groups in total. The third kappa shape index (κ3) is 3.61. The molecule has 23 heavy (non-hydrogen) atoms. The van der Waals surface area contributed by atoms with Crippen LogP contribution in [0.15, 0.2) is 29.0 Å². The van der Waals surface area contributed by atoms with E-state index >= 15 is 0 Å². The van der Waals surface area contributed by atoms with E-state index < -0.39 is 0 Å². The molecule has 1 aliphatic heterocycles. The van der Waals surface area contributed by atoms with E-state index in [2.05, 4.69) is 15.5 Å². The summed E-state index contributed by atoms with van der Waals surface area (Å²) in [6, 6.07) is 3.24. The number of nitrogens with one attached hydrogen (secondary N) is 1. The Morgan fingerprint density at radius 3 is 2.65 bits per heavy atom. The number of nitrogens with zero attached hydrogens (tertiary/aromatic N) is 3. The van der Waals surface area contributed by atoms with Gasteiger partial charge in [-0.25, -0.2) is 0 Å². The van der Waals surface area contributed by atoms with Crippen molar-refractivity contribution in [3.63, 3.8) is 0 Å². The fourth-order valence-electron chi connectivity index (χ4n) is 2.89. The topological polar surface area (TPSA) is 82.2 Å². The number of hydrogen-bond donors (Lipinski definition) is 1. The highest BCUT2D eigenvalue weighted by molar-refractivity contribution is 5.80. The summed E-state index contributed by atoms with van der Waals surface area (Å²) < 4.78 is 12.6. The first-order valence-corrected chi connectivity index (χ1v) is 7.96. The van der Waals surface area contributed by atoms with Crippen molar-refractivity contribution in [2.24, 2.45) is 5.92 Å². The minimum Gasteiger partial charge on any atom is -0.381 e. The van der Waals surface area contributed by atoms with Crippen LogP contribution in [0.1, 0.15) is 43.6 Å². The van der Waals surface area contributed by atoms with Crippen molar-refractivity contribution >= 4 is 5.91 Å². The van der Waals surface area contributed by atoms with E-state index in [1.165, 1.54) is 0 Å². The molecule has 1 fully saturated rings. The first kappa shape index (κ1) is 15.7. The van der Waals surface area contributed by atoms with Gasteiger partial charge in [0.25, 0.3) is 0 Å². The van der Waals surface area contributed by atoms with Gasteiger partial charge < -0.3 is 19.1 Å². The van der Waals surface area contributed by atoms with Crippen LogP contribution in [0.3, 0.4) is 0 Å². The van der Waals surface area contributed by atoms with E-state index in [4.69, 9.17) is 9.26 Å². The summed E-state index contributed by atoms with van der Waals surface area (Å²) in [5, 5.41) is 6.95. The molecule has 1 aliphatic rings. The van der Waals surface area contributed by atoms with Crippen LogP contribution in [0.25, 0.3) is 0 Å². The standard InChI is InChI=1S/C16H22N4O3/c1-11(20-7-3-4-8-20)15(21)18-14(13-5-9-22-10-6-13)16-17-12(2)19-23-16/h3-4,7-8,11,13-14H,5-6,9-10H2,1-2H3,(H,18,21)/t11-,14+/m0/s1. The summed E-state index contributed by atoms with van der Waals surface area (Å²) in [6.07, 6.45) is 5.49. The Hall–Kier alpha value is -2.15. The molecule has 7 nitrogen and oxygen atoms in total. The summed E-state index contributed by atoms with van der Waals surface area (Å²) in [6.45, 7) is 5.03. The molecule has 124 valence electrons. The molecule has 0 aliphatic carbocycles. The van der Waals surface area contributed by atoms with Crippen LogP contribution in [-0.4, -0.2) is 33.8 Å². The Labute approximate surface area is 135 Å². The number of rotatable bonds is 5. The van der Waals surface area contributed by atoms with Crippen molar-refractivity contribution in [1.29, 1.82) is 0 Å². The number of aromatic nitrogens is 3. The largest absolute Gasteiger partial charge is 0.381 e. The second-order valence-corrected chi connectivity index (χ2v) is 5.92. The fraction of sp³-hybridized carbons (Fsp3) is 0.562. The second-order valence-electron chi connectivity index (χ2n) is 5.92. The van der Waals surface area contributed by atoms with Crippen molar-refractivity contribution in [3.05, 3.63) is 36.2 Å². The monoisotopic (exact) mass is 318 g/mol. The SMILES string of the molecule is Cc1noc([C@H](NC(=O)[C@H](C)n2cccc2)C2CCOCC2)n1. The minimum absolute atomic E-state index is 0.0615. The molecule has 3 rings (SSSR count). The fourth-order valence-corrected chi connectivity index (χ4v) is 2.89. The molecule has 0 unspecified atom stereocenters. The molecule has 3 heterocycles. The van der Waals surface area contributed by atoms with Gasteiger partial charge in [0.05, 0.1) is 0 Å². The molecule has 0 aromatic carbocycles. The molecule has 2 aromatic heterocycles. The van der Waals surface area contributed by atoms with Crippen molar-refractivity contribution in [2.75, 3.05) is 13.2 Å². The highest BCUT2D eigenvalue weighted by Gasteiger charge is 2.32. The summed E-state index contributed by atoms with van der Waals surface area (Å²) >= 11 is 0. The maximum Gasteiger partial charge on any atom is 0.249 e. The number of carbonyl (C=O) groups excluding carboxylic acids is 1. The van der Waals surface area contributed by atoms with Crippen LogP contribution in [0.2, 0.25) is 0 Å². The lowest BCUT2D eigenvalue weighted by atomic mass is 9.91. The number of carbonyl (C=O) groups is 1. The van der Waals surface area contributed by atoms with Gasteiger partial charge in [0.2, 0.25) is 11.8 Å². The third-order valence-corrected chi connectivity index (χ3v) is 4.30. The van der Waals surface area contributed by atoms with E-state index in [1.54, 1.807) is 6.92 Å². The lowest BCUT2D eigenvalue weighted by molar-refractivity contribution is -0.125. The third-order valence-electron chi connectivity index (χ3n) is 4.30. The van der Waals surface area contributed by atoms with Crippen molar-refractivity contribution in [2.45, 2.75) is 38.8 Å². The normalized spacial score (nSPS) is 18.5. The second kappa shape index (κ2) is 6.95. The lowest BCUT2D eigenvalue weighted by Crippen LogP contribution is -2.39. The quantitative estimate of drug-likeness (QED) is 0.912. The van der Waals surface area contributed by atoms with E-state index in [-0.39, 0.29) is 23.9 Å². The van der Waals surface area contributed by atoms with Gasteiger partial charge in [-0.2, -0.15) is 4.98 Å². The van der Waals surface area contributed by atoms with Crippen LogP contribution < -0.4 is 5.32 Å². The Morgan fingerprint density at radius 1 is 1.35 bits per heavy atom. The van der Waals surface area contributed by atoms with Gasteiger partial charge in [-0.1, -0.05) is 5.16 Å². The maximum absolute atomic E-state index is 12.6. The van der Waals surface area contributed by atoms with Crippen LogP contribution >= 0.6 is 0 Å². The Balaban J connectivity index is 1.76. The zero-order valence-corrected chi connectivity index (χ0v) is 13.4. The van der Waals surface area contributed by atoms with Crippen molar-refractivity contribution in [3.8, 4) is 0 Å². The van der Waals surface area contributed by atoms with E-state index in [1.807, 2.05) is 36.0 Å². The molecule has 1 saturated heterocycles. The number of aryl methyl sites for hydroxylation is 1. The average Bonchev–Trinajstić information content (AvgIpc) is 3.24. The van der Waals surface area contributed by atoms with Gasteiger partial charge >= 0.3 is 0 Å². The summed E-state index contributed by atoms with van der Waals surface area (Å²) in [5.74, 6) is 1.23. The number of amides is 1. The van der Waals surface area contributed by atoms with Gasteiger partial charge in [0.15, 0.2) is 5.82 Å². The van der Waals surface area contributed by atoms with Crippen LogP contribution in [0.4, 0.5) is 0 Å². The predicted octanol–water partition coefficient (Wildman–Crippen LogP) is 2.02. The first-order valence-electron chi connectivity index (χ1n) is 7.96. The lowest BCUT2D eigenvalue weighted by Gasteiger charge is -2.29. The van der Waals surface area contributed by atoms with Crippen LogP contribution in [-0.2, 0) is 9.53 Å². The van der Waals surface area contributed by atoms with Gasteiger partial charge in [-0.15, -0.1) is 0 Å². The summed E-state index contributed by atoms with van der Waals surface area (Å²) in [4.78, 5) is 16.9. The van der Waals surface area contributed by atoms with Crippen LogP contribution in [0, 0.1) is 12.8 Å². The first-order chi connectivity index (χ1) is 11.1. The highest BCUT2D eigenvalue weighted by Crippen LogP contribution is 2.29. The van der Waals surface area contributed by atoms with Gasteiger partial charge in [-0.05, 0) is 44.7 Å². The molecular formula is C16H22N4O3. The molecule has 7 heteroatoms. The summed E-state index contributed by atoms with van der Waals surface area (Å²) in [7, 11) is 0. The molecule has 0 spiro atoms. The minimum atomic E-state index is -0.295. The Bertz CT molecular complexity index is 632. The molecule has 2 aromatic rings. The van der Waals surface area contributed by atoms with Gasteiger partial charge in [0.1, 0.15) is 12.1 Å². The average molecular weight is 318 g/mol. The van der Waals surface area contributed by atoms with E-state index in [0.29, 0.717) is 24.9 Å². The van der Waals surface area contributed by atoms with Gasteiger partial charge in [0, 0.05) is 25.6 Å². The van der Waals surface area contributed by atoms with E-state index in [9.17, 15) is 4.79 Å². The molecule has 2 atom stereocenters. The zero-order chi connectivity index (χ0) is 16.2. The number of hydrogen-bond acceptors (Lipinski definition) is 5. The Kier molecular flexibility index (Phi) is 4.76. The zero-order valence-electron chi connectivity index (χ0n) is 13.4.